The van der Waals surface area contributed by atoms with Gasteiger partial charge in [0, 0.05) is 34.9 Å². The minimum Gasteiger partial charge on any atom is -0.497 e. The second-order valence-electron chi connectivity index (χ2n) is 7.04. The second-order valence-corrected chi connectivity index (χ2v) is 7.48. The van der Waals surface area contributed by atoms with Crippen molar-refractivity contribution in [3.63, 3.8) is 0 Å². The largest absolute Gasteiger partial charge is 0.497 e. The molecule has 0 bridgehead atoms. The Morgan fingerprint density at radius 1 is 1.16 bits per heavy atom. The lowest BCUT2D eigenvalue weighted by Crippen LogP contribution is -2.04. The first-order valence-corrected chi connectivity index (χ1v) is 10.1. The Hall–Kier alpha value is -4.04. The Labute approximate surface area is 187 Å². The van der Waals surface area contributed by atoms with Crippen molar-refractivity contribution >= 4 is 28.3 Å². The fourth-order valence-electron chi connectivity index (χ4n) is 3.46. The Morgan fingerprint density at radius 2 is 2.00 bits per heavy atom. The minimum atomic E-state index is -0.364. The molecule has 0 aliphatic rings. The van der Waals surface area contributed by atoms with Gasteiger partial charge in [-0.2, -0.15) is 10.1 Å². The van der Waals surface area contributed by atoms with Crippen molar-refractivity contribution in [2.45, 2.75) is 6.54 Å². The van der Waals surface area contributed by atoms with Gasteiger partial charge in [-0.05, 0) is 48.0 Å². The zero-order valence-electron chi connectivity index (χ0n) is 16.9. The highest BCUT2D eigenvalue weighted by Crippen LogP contribution is 2.29. The first kappa shape index (κ1) is 19.9. The Bertz CT molecular complexity index is 1410. The number of nitrogens with zero attached hydrogens (tertiary/aromatic N) is 5. The molecule has 5 aromatic rings. The molecule has 9 heteroatoms. The summed E-state index contributed by atoms with van der Waals surface area (Å²) < 4.78 is 12.6. The molecule has 0 amide bonds. The van der Waals surface area contributed by atoms with Crippen LogP contribution in [0.4, 0.5) is 0 Å². The molecule has 2 aromatic carbocycles. The number of fused-ring (bicyclic) bond motifs is 1. The number of halogens is 1. The Balaban J connectivity index is 1.56. The third-order valence-electron chi connectivity index (χ3n) is 5.02. The van der Waals surface area contributed by atoms with Crippen LogP contribution in [0.25, 0.3) is 22.5 Å². The fraction of sp³-hybridized carbons (Fsp3) is 0.0870. The molecule has 0 fully saturated rings. The van der Waals surface area contributed by atoms with Crippen LogP contribution in [0, 0.1) is 0 Å². The number of methoxy groups -OCH3 is 1. The zero-order chi connectivity index (χ0) is 22.1. The maximum atomic E-state index is 13.3. The summed E-state index contributed by atoms with van der Waals surface area (Å²) in [6.45, 7) is 0.560. The normalized spacial score (nSPS) is 11.1. The molecule has 0 saturated heterocycles. The maximum absolute atomic E-state index is 13.3. The molecule has 5 rings (SSSR count). The topological polar surface area (TPSA) is 95.9 Å². The second kappa shape index (κ2) is 8.24. The number of ketones is 1. The van der Waals surface area contributed by atoms with Gasteiger partial charge in [0.05, 0.1) is 12.7 Å². The molecule has 32 heavy (non-hydrogen) atoms. The zero-order valence-corrected chi connectivity index (χ0v) is 17.7. The number of benzene rings is 2. The van der Waals surface area contributed by atoms with Gasteiger partial charge < -0.3 is 13.8 Å². The lowest BCUT2D eigenvalue weighted by molar-refractivity contribution is 0.102. The molecule has 3 aromatic heterocycles. The van der Waals surface area contributed by atoms with Gasteiger partial charge in [-0.25, -0.2) is 0 Å². The summed E-state index contributed by atoms with van der Waals surface area (Å²) in [5.41, 5.74) is 2.76. The third kappa shape index (κ3) is 3.72. The van der Waals surface area contributed by atoms with Crippen LogP contribution in [0.5, 0.6) is 5.75 Å². The molecule has 0 saturated carbocycles. The number of ether oxygens (including phenoxy) is 1. The highest BCUT2D eigenvalue weighted by atomic mass is 35.5. The van der Waals surface area contributed by atoms with Crippen molar-refractivity contribution in [1.29, 1.82) is 0 Å². The quantitative estimate of drug-likeness (QED) is 0.357. The van der Waals surface area contributed by atoms with Gasteiger partial charge in [-0.1, -0.05) is 28.9 Å². The molecule has 3 heterocycles. The van der Waals surface area contributed by atoms with Gasteiger partial charge >= 0.3 is 0 Å². The van der Waals surface area contributed by atoms with Crippen molar-refractivity contribution in [2.24, 2.45) is 0 Å². The van der Waals surface area contributed by atoms with E-state index >= 15 is 0 Å². The van der Waals surface area contributed by atoms with Crippen LogP contribution >= 0.6 is 11.6 Å². The molecule has 158 valence electrons. The summed E-state index contributed by atoms with van der Waals surface area (Å²) in [6, 6.07) is 16.6. The standard InChI is InChI=1S/C23H16ClN5O3/c1-31-16-8-9-20-17(11-16)18(13-29(20)12-14-4-6-15(24)7-5-14)21(30)22-26-23(32-28-22)19-3-2-10-25-27-19/h2-11,13H,12H2,1H3. The minimum absolute atomic E-state index is 0.0565. The summed E-state index contributed by atoms with van der Waals surface area (Å²) in [4.78, 5) is 17.5. The summed E-state index contributed by atoms with van der Waals surface area (Å²) in [5.74, 6) is 0.351. The number of aromatic nitrogens is 5. The number of rotatable bonds is 6. The number of carbonyl (C=O) groups is 1. The maximum Gasteiger partial charge on any atom is 0.278 e. The number of hydrogen-bond donors (Lipinski definition) is 0. The SMILES string of the molecule is COc1ccc2c(c1)c(C(=O)c1noc(-c3cccnn3)n1)cn2Cc1ccc(Cl)cc1. The molecule has 0 N–H and O–H groups in total. The first-order valence-electron chi connectivity index (χ1n) is 9.70. The molecule has 0 unspecified atom stereocenters. The van der Waals surface area contributed by atoms with Gasteiger partial charge in [0.25, 0.3) is 5.89 Å². The highest BCUT2D eigenvalue weighted by Gasteiger charge is 2.23. The van der Waals surface area contributed by atoms with E-state index in [0.717, 1.165) is 16.5 Å². The Morgan fingerprint density at radius 3 is 2.75 bits per heavy atom. The summed E-state index contributed by atoms with van der Waals surface area (Å²) in [5, 5.41) is 13.0. The van der Waals surface area contributed by atoms with Crippen LogP contribution in [-0.2, 0) is 6.54 Å². The van der Waals surface area contributed by atoms with Gasteiger partial charge in [-0.15, -0.1) is 5.10 Å². The van der Waals surface area contributed by atoms with E-state index in [1.165, 1.54) is 6.20 Å². The van der Waals surface area contributed by atoms with Gasteiger partial charge in [0.2, 0.25) is 11.6 Å². The van der Waals surface area contributed by atoms with E-state index in [4.69, 9.17) is 20.9 Å². The predicted octanol–water partition coefficient (Wildman–Crippen LogP) is 4.42. The number of hydrogen-bond acceptors (Lipinski definition) is 7. The smallest absolute Gasteiger partial charge is 0.278 e. The van der Waals surface area contributed by atoms with E-state index in [0.29, 0.717) is 28.6 Å². The monoisotopic (exact) mass is 445 g/mol. The summed E-state index contributed by atoms with van der Waals surface area (Å²) >= 11 is 6.01. The molecular formula is C23H16ClN5O3. The Kier molecular flexibility index (Phi) is 5.12. The van der Waals surface area contributed by atoms with Crippen LogP contribution in [0.2, 0.25) is 5.02 Å². The lowest BCUT2D eigenvalue weighted by atomic mass is 10.1. The van der Waals surface area contributed by atoms with E-state index < -0.39 is 0 Å². The van der Waals surface area contributed by atoms with E-state index in [-0.39, 0.29) is 17.5 Å². The molecule has 0 atom stereocenters. The lowest BCUT2D eigenvalue weighted by Gasteiger charge is -2.06. The van der Waals surface area contributed by atoms with Crippen molar-refractivity contribution in [3.05, 3.63) is 89.0 Å². The van der Waals surface area contributed by atoms with E-state index in [2.05, 4.69) is 20.3 Å². The average molecular weight is 446 g/mol. The van der Waals surface area contributed by atoms with Crippen molar-refractivity contribution in [2.75, 3.05) is 7.11 Å². The molecular weight excluding hydrogens is 430 g/mol. The van der Waals surface area contributed by atoms with Crippen LogP contribution in [0.1, 0.15) is 21.7 Å². The van der Waals surface area contributed by atoms with Crippen molar-refractivity contribution < 1.29 is 14.1 Å². The third-order valence-corrected chi connectivity index (χ3v) is 5.27. The van der Waals surface area contributed by atoms with Gasteiger partial charge in [0.1, 0.15) is 5.75 Å². The van der Waals surface area contributed by atoms with Crippen LogP contribution in [0.15, 0.2) is 71.5 Å². The fourth-order valence-corrected chi connectivity index (χ4v) is 3.58. The van der Waals surface area contributed by atoms with Gasteiger partial charge in [0.15, 0.2) is 5.69 Å². The molecule has 0 radical (unpaired) electrons. The van der Waals surface area contributed by atoms with Gasteiger partial charge in [-0.3, -0.25) is 4.79 Å². The predicted molar refractivity (Wildman–Crippen MR) is 118 cm³/mol. The van der Waals surface area contributed by atoms with Crippen LogP contribution < -0.4 is 4.74 Å². The first-order chi connectivity index (χ1) is 15.6. The average Bonchev–Trinajstić information content (AvgIpc) is 3.46. The van der Waals surface area contributed by atoms with Crippen LogP contribution in [0.3, 0.4) is 0 Å². The molecule has 8 nitrogen and oxygen atoms in total. The van der Waals surface area contributed by atoms with Crippen molar-refractivity contribution in [3.8, 4) is 17.3 Å². The van der Waals surface area contributed by atoms with E-state index in [1.54, 1.807) is 25.4 Å². The van der Waals surface area contributed by atoms with Crippen molar-refractivity contribution in [1.82, 2.24) is 24.9 Å². The molecule has 0 aliphatic heterocycles. The van der Waals surface area contributed by atoms with E-state index in [1.807, 2.05) is 47.0 Å². The highest BCUT2D eigenvalue weighted by molar-refractivity contribution is 6.30. The van der Waals surface area contributed by atoms with Crippen LogP contribution in [-0.4, -0.2) is 37.8 Å². The number of carbonyl (C=O) groups excluding carboxylic acids is 1. The summed E-state index contributed by atoms with van der Waals surface area (Å²) in [7, 11) is 1.58. The molecule has 0 spiro atoms. The molecule has 0 aliphatic carbocycles. The van der Waals surface area contributed by atoms with E-state index in [9.17, 15) is 4.79 Å². The summed E-state index contributed by atoms with van der Waals surface area (Å²) in [6.07, 6.45) is 3.33.